The van der Waals surface area contributed by atoms with Gasteiger partial charge in [0.2, 0.25) is 0 Å². The van der Waals surface area contributed by atoms with Crippen molar-refractivity contribution in [2.45, 2.75) is 50.9 Å². The summed E-state index contributed by atoms with van der Waals surface area (Å²) in [5.74, 6) is 0. The van der Waals surface area contributed by atoms with Gasteiger partial charge >= 0.3 is 6.18 Å². The number of halogens is 3. The summed E-state index contributed by atoms with van der Waals surface area (Å²) in [6.07, 6.45) is -0.981. The number of thiazole rings is 1. The third-order valence-corrected chi connectivity index (χ3v) is 4.93. The Kier molecular flexibility index (Phi) is 4.71. The molecule has 3 nitrogen and oxygen atoms in total. The molecular weight excluding hydrogens is 289 g/mol. The van der Waals surface area contributed by atoms with Crippen molar-refractivity contribution in [1.82, 2.24) is 10.3 Å². The van der Waals surface area contributed by atoms with Gasteiger partial charge in [0.25, 0.3) is 0 Å². The fourth-order valence-electron chi connectivity index (χ4n) is 2.58. The molecule has 1 aliphatic carbocycles. The number of nitrogens with one attached hydrogen (secondary N) is 1. The third-order valence-electron chi connectivity index (χ3n) is 3.69. The van der Waals surface area contributed by atoms with E-state index in [1.54, 1.807) is 7.11 Å². The molecule has 114 valence electrons. The first-order chi connectivity index (χ1) is 9.43. The maximum absolute atomic E-state index is 13.1. The maximum Gasteiger partial charge on any atom is 0.434 e. The Morgan fingerprint density at radius 1 is 1.35 bits per heavy atom. The monoisotopic (exact) mass is 308 g/mol. The molecule has 0 amide bonds. The molecule has 1 fully saturated rings. The number of alkyl halides is 3. The molecule has 0 saturated heterocycles. The lowest BCUT2D eigenvalue weighted by Gasteiger charge is -2.24. The van der Waals surface area contributed by atoms with Crippen molar-refractivity contribution in [2.24, 2.45) is 0 Å². The first kappa shape index (κ1) is 15.7. The Morgan fingerprint density at radius 2 is 2.00 bits per heavy atom. The van der Waals surface area contributed by atoms with Gasteiger partial charge < -0.3 is 10.1 Å². The van der Waals surface area contributed by atoms with E-state index in [1.165, 1.54) is 0 Å². The second-order valence-corrected chi connectivity index (χ2v) is 6.06. The topological polar surface area (TPSA) is 34.1 Å². The second kappa shape index (κ2) is 5.99. The van der Waals surface area contributed by atoms with Crippen LogP contribution in [0.2, 0.25) is 0 Å². The summed E-state index contributed by atoms with van der Waals surface area (Å²) >= 11 is 1.13. The molecule has 0 radical (unpaired) electrons. The van der Waals surface area contributed by atoms with Crippen molar-refractivity contribution in [3.05, 3.63) is 15.6 Å². The standard InChI is InChI=1S/C13H19F3N2OS/c1-3-17-8-9-10(13(14,15)16)18-11(20-9)12(19-2)6-4-5-7-12/h17H,3-8H2,1-2H3. The largest absolute Gasteiger partial charge is 0.434 e. The predicted octanol–water partition coefficient (Wildman–Crippen LogP) is 3.69. The lowest BCUT2D eigenvalue weighted by Crippen LogP contribution is -2.24. The zero-order valence-electron chi connectivity index (χ0n) is 11.6. The molecule has 20 heavy (non-hydrogen) atoms. The average molecular weight is 308 g/mol. The Bertz CT molecular complexity index is 453. The number of rotatable bonds is 5. The second-order valence-electron chi connectivity index (χ2n) is 4.97. The van der Waals surface area contributed by atoms with Gasteiger partial charge in [-0.2, -0.15) is 13.2 Å². The molecule has 7 heteroatoms. The fraction of sp³-hybridized carbons (Fsp3) is 0.769. The van der Waals surface area contributed by atoms with Crippen LogP contribution in [0.15, 0.2) is 0 Å². The SMILES string of the molecule is CCNCc1sc(C2(OC)CCCC2)nc1C(F)(F)F. The Morgan fingerprint density at radius 3 is 2.50 bits per heavy atom. The number of nitrogens with zero attached hydrogens (tertiary/aromatic N) is 1. The summed E-state index contributed by atoms with van der Waals surface area (Å²) in [6.45, 7) is 2.69. The van der Waals surface area contributed by atoms with E-state index in [4.69, 9.17) is 4.74 Å². The lowest BCUT2D eigenvalue weighted by atomic mass is 10.0. The highest BCUT2D eigenvalue weighted by molar-refractivity contribution is 7.11. The van der Waals surface area contributed by atoms with E-state index in [0.29, 0.717) is 11.6 Å². The summed E-state index contributed by atoms with van der Waals surface area (Å²) < 4.78 is 44.8. The summed E-state index contributed by atoms with van der Waals surface area (Å²) in [5.41, 5.74) is -1.38. The van der Waals surface area contributed by atoms with Crippen LogP contribution in [0.5, 0.6) is 0 Å². The average Bonchev–Trinajstić information content (AvgIpc) is 3.02. The van der Waals surface area contributed by atoms with Crippen LogP contribution < -0.4 is 5.32 Å². The molecule has 0 atom stereocenters. The molecule has 1 aromatic rings. The van der Waals surface area contributed by atoms with Crippen LogP contribution in [0.1, 0.15) is 48.2 Å². The van der Waals surface area contributed by atoms with Gasteiger partial charge in [-0.3, -0.25) is 0 Å². The number of hydrogen-bond acceptors (Lipinski definition) is 4. The number of ether oxygens (including phenoxy) is 1. The van der Waals surface area contributed by atoms with Gasteiger partial charge in [-0.25, -0.2) is 4.98 Å². The molecule has 1 saturated carbocycles. The van der Waals surface area contributed by atoms with Crippen LogP contribution in [0, 0.1) is 0 Å². The maximum atomic E-state index is 13.1. The van der Waals surface area contributed by atoms with Gasteiger partial charge in [0.15, 0.2) is 5.69 Å². The summed E-state index contributed by atoms with van der Waals surface area (Å²) in [7, 11) is 1.56. The van der Waals surface area contributed by atoms with Gasteiger partial charge in [0.1, 0.15) is 10.6 Å². The van der Waals surface area contributed by atoms with E-state index in [-0.39, 0.29) is 11.4 Å². The quantitative estimate of drug-likeness (QED) is 0.901. The van der Waals surface area contributed by atoms with Gasteiger partial charge in [0, 0.05) is 13.7 Å². The van der Waals surface area contributed by atoms with Crippen molar-refractivity contribution in [3.8, 4) is 0 Å². The van der Waals surface area contributed by atoms with E-state index < -0.39 is 17.5 Å². The fourth-order valence-corrected chi connectivity index (χ4v) is 3.85. The molecular formula is C13H19F3N2OS. The van der Waals surface area contributed by atoms with Gasteiger partial charge in [-0.1, -0.05) is 19.8 Å². The minimum atomic E-state index is -4.41. The summed E-state index contributed by atoms with van der Waals surface area (Å²) in [6, 6.07) is 0. The van der Waals surface area contributed by atoms with Crippen LogP contribution in [0.25, 0.3) is 0 Å². The Balaban J connectivity index is 2.37. The summed E-state index contributed by atoms with van der Waals surface area (Å²) in [4.78, 5) is 4.14. The van der Waals surface area contributed by atoms with Crippen molar-refractivity contribution in [2.75, 3.05) is 13.7 Å². The Labute approximate surface area is 120 Å². The third kappa shape index (κ3) is 2.99. The van der Waals surface area contributed by atoms with Crippen molar-refractivity contribution in [1.29, 1.82) is 0 Å². The zero-order chi connectivity index (χ0) is 14.8. The van der Waals surface area contributed by atoms with Crippen molar-refractivity contribution < 1.29 is 17.9 Å². The molecule has 1 heterocycles. The Hall–Kier alpha value is -0.660. The molecule has 1 aromatic heterocycles. The molecule has 0 unspecified atom stereocenters. The smallest absolute Gasteiger partial charge is 0.371 e. The van der Waals surface area contributed by atoms with Crippen LogP contribution in [-0.4, -0.2) is 18.6 Å². The normalized spacial score (nSPS) is 18.6. The number of hydrogen-bond donors (Lipinski definition) is 1. The molecule has 0 spiro atoms. The van der Waals surface area contributed by atoms with E-state index in [2.05, 4.69) is 10.3 Å². The molecule has 1 aliphatic rings. The summed E-state index contributed by atoms with van der Waals surface area (Å²) in [5, 5.41) is 3.41. The van der Waals surface area contributed by atoms with Crippen LogP contribution in [0.4, 0.5) is 13.2 Å². The van der Waals surface area contributed by atoms with E-state index in [9.17, 15) is 13.2 Å². The van der Waals surface area contributed by atoms with Crippen LogP contribution in [0.3, 0.4) is 0 Å². The molecule has 0 aliphatic heterocycles. The van der Waals surface area contributed by atoms with Gasteiger partial charge in [-0.15, -0.1) is 11.3 Å². The molecule has 2 rings (SSSR count). The van der Waals surface area contributed by atoms with Crippen LogP contribution in [-0.2, 0) is 23.1 Å². The van der Waals surface area contributed by atoms with Gasteiger partial charge in [0.05, 0.1) is 4.88 Å². The zero-order valence-corrected chi connectivity index (χ0v) is 12.5. The van der Waals surface area contributed by atoms with Crippen molar-refractivity contribution in [3.63, 3.8) is 0 Å². The highest BCUT2D eigenvalue weighted by atomic mass is 32.1. The molecule has 1 N–H and O–H groups in total. The van der Waals surface area contributed by atoms with E-state index in [1.807, 2.05) is 6.92 Å². The highest BCUT2D eigenvalue weighted by Gasteiger charge is 2.43. The number of aromatic nitrogens is 1. The lowest BCUT2D eigenvalue weighted by molar-refractivity contribution is -0.141. The minimum Gasteiger partial charge on any atom is -0.371 e. The van der Waals surface area contributed by atoms with Gasteiger partial charge in [-0.05, 0) is 19.4 Å². The first-order valence-electron chi connectivity index (χ1n) is 6.76. The number of methoxy groups -OCH3 is 1. The molecule has 0 bridgehead atoms. The van der Waals surface area contributed by atoms with Crippen LogP contribution >= 0.6 is 11.3 Å². The highest BCUT2D eigenvalue weighted by Crippen LogP contribution is 2.45. The van der Waals surface area contributed by atoms with E-state index >= 15 is 0 Å². The minimum absolute atomic E-state index is 0.197. The van der Waals surface area contributed by atoms with Crippen molar-refractivity contribution >= 4 is 11.3 Å². The van der Waals surface area contributed by atoms with E-state index in [0.717, 1.165) is 37.0 Å². The molecule has 0 aromatic carbocycles. The first-order valence-corrected chi connectivity index (χ1v) is 7.58. The predicted molar refractivity (Wildman–Crippen MR) is 71.7 cm³/mol.